The number of aromatic nitrogens is 2. The normalized spacial score (nSPS) is 16.1. The fraction of sp³-hybridized carbons (Fsp3) is 0.238. The number of ether oxygens (including phenoxy) is 1. The SMILES string of the molecule is COc1ccccc1N1CC(C(=O)Nc2ccc(-c3nc(C)no3)cc2)CC1=O. The summed E-state index contributed by atoms with van der Waals surface area (Å²) in [5, 5.41) is 6.64. The second-order valence-corrected chi connectivity index (χ2v) is 6.79. The Morgan fingerprint density at radius 2 is 1.97 bits per heavy atom. The molecule has 1 unspecified atom stereocenters. The molecule has 1 aliphatic rings. The zero-order chi connectivity index (χ0) is 20.4. The van der Waals surface area contributed by atoms with Crippen LogP contribution in [0.4, 0.5) is 11.4 Å². The molecule has 1 saturated heterocycles. The van der Waals surface area contributed by atoms with Crippen molar-refractivity contribution in [3.8, 4) is 17.2 Å². The third-order valence-corrected chi connectivity index (χ3v) is 4.80. The predicted octanol–water partition coefficient (Wildman–Crippen LogP) is 3.05. The highest BCUT2D eigenvalue weighted by molar-refractivity contribution is 6.04. The second kappa shape index (κ2) is 7.75. The molecule has 0 spiro atoms. The molecule has 0 radical (unpaired) electrons. The molecule has 1 aliphatic heterocycles. The third-order valence-electron chi connectivity index (χ3n) is 4.80. The maximum Gasteiger partial charge on any atom is 0.257 e. The Balaban J connectivity index is 1.43. The number of amides is 2. The van der Waals surface area contributed by atoms with Crippen LogP contribution in [0.2, 0.25) is 0 Å². The number of nitrogens with zero attached hydrogens (tertiary/aromatic N) is 3. The van der Waals surface area contributed by atoms with Gasteiger partial charge in [0, 0.05) is 24.2 Å². The first kappa shape index (κ1) is 18.7. The Kier molecular flexibility index (Phi) is 4.99. The van der Waals surface area contributed by atoms with Gasteiger partial charge in [-0.3, -0.25) is 9.59 Å². The molecule has 0 saturated carbocycles. The summed E-state index contributed by atoms with van der Waals surface area (Å²) in [4.78, 5) is 30.9. The second-order valence-electron chi connectivity index (χ2n) is 6.79. The van der Waals surface area contributed by atoms with E-state index in [-0.39, 0.29) is 18.2 Å². The largest absolute Gasteiger partial charge is 0.495 e. The summed E-state index contributed by atoms with van der Waals surface area (Å²) in [6, 6.07) is 14.4. The first-order chi connectivity index (χ1) is 14.0. The molecule has 2 amide bonds. The van der Waals surface area contributed by atoms with E-state index in [9.17, 15) is 9.59 Å². The fourth-order valence-corrected chi connectivity index (χ4v) is 3.32. The van der Waals surface area contributed by atoms with Crippen molar-refractivity contribution in [1.29, 1.82) is 0 Å². The van der Waals surface area contributed by atoms with E-state index in [4.69, 9.17) is 9.26 Å². The van der Waals surface area contributed by atoms with E-state index in [0.717, 1.165) is 5.56 Å². The summed E-state index contributed by atoms with van der Waals surface area (Å²) in [6.45, 7) is 2.06. The molecule has 148 valence electrons. The molecular formula is C21H20N4O4. The topological polar surface area (TPSA) is 97.6 Å². The van der Waals surface area contributed by atoms with E-state index in [1.165, 1.54) is 0 Å². The molecule has 8 heteroatoms. The lowest BCUT2D eigenvalue weighted by molar-refractivity contribution is -0.122. The average Bonchev–Trinajstić information content (AvgIpc) is 3.34. The summed E-state index contributed by atoms with van der Waals surface area (Å²) in [5.41, 5.74) is 2.08. The lowest BCUT2D eigenvalue weighted by Gasteiger charge is -2.19. The van der Waals surface area contributed by atoms with Crippen molar-refractivity contribution in [3.05, 3.63) is 54.4 Å². The van der Waals surface area contributed by atoms with Gasteiger partial charge in [-0.25, -0.2) is 0 Å². The highest BCUT2D eigenvalue weighted by atomic mass is 16.5. The average molecular weight is 392 g/mol. The van der Waals surface area contributed by atoms with E-state index in [2.05, 4.69) is 15.5 Å². The van der Waals surface area contributed by atoms with E-state index in [0.29, 0.717) is 35.4 Å². The summed E-state index contributed by atoms with van der Waals surface area (Å²) >= 11 is 0. The number of anilines is 2. The minimum absolute atomic E-state index is 0.100. The van der Waals surface area contributed by atoms with Crippen molar-refractivity contribution >= 4 is 23.2 Å². The van der Waals surface area contributed by atoms with Crippen LogP contribution in [0.5, 0.6) is 5.75 Å². The van der Waals surface area contributed by atoms with Crippen molar-refractivity contribution in [2.45, 2.75) is 13.3 Å². The van der Waals surface area contributed by atoms with Gasteiger partial charge in [0.05, 0.1) is 18.7 Å². The summed E-state index contributed by atoms with van der Waals surface area (Å²) < 4.78 is 10.5. The van der Waals surface area contributed by atoms with E-state index in [1.54, 1.807) is 49.3 Å². The molecule has 1 fully saturated rings. The van der Waals surface area contributed by atoms with Gasteiger partial charge in [-0.15, -0.1) is 0 Å². The van der Waals surface area contributed by atoms with Gasteiger partial charge in [-0.05, 0) is 43.3 Å². The molecule has 0 bridgehead atoms. The molecule has 1 aromatic heterocycles. The molecule has 4 rings (SSSR count). The van der Waals surface area contributed by atoms with Crippen LogP contribution in [0.15, 0.2) is 53.1 Å². The smallest absolute Gasteiger partial charge is 0.257 e. The van der Waals surface area contributed by atoms with Gasteiger partial charge in [0.25, 0.3) is 5.89 Å². The zero-order valence-electron chi connectivity index (χ0n) is 16.1. The van der Waals surface area contributed by atoms with Crippen molar-refractivity contribution in [2.75, 3.05) is 23.9 Å². The van der Waals surface area contributed by atoms with Gasteiger partial charge in [0.1, 0.15) is 5.75 Å². The Bertz CT molecular complexity index is 1040. The molecule has 2 aromatic carbocycles. The lowest BCUT2D eigenvalue weighted by Crippen LogP contribution is -2.28. The first-order valence-corrected chi connectivity index (χ1v) is 9.20. The van der Waals surface area contributed by atoms with E-state index < -0.39 is 5.92 Å². The minimum Gasteiger partial charge on any atom is -0.495 e. The number of hydrogen-bond acceptors (Lipinski definition) is 6. The summed E-state index contributed by atoms with van der Waals surface area (Å²) in [5.74, 6) is 0.852. The number of nitrogens with one attached hydrogen (secondary N) is 1. The molecule has 0 aliphatic carbocycles. The van der Waals surface area contributed by atoms with Crippen LogP contribution in [0, 0.1) is 12.8 Å². The Morgan fingerprint density at radius 1 is 1.21 bits per heavy atom. The maximum atomic E-state index is 12.7. The first-order valence-electron chi connectivity index (χ1n) is 9.20. The summed E-state index contributed by atoms with van der Waals surface area (Å²) in [6.07, 6.45) is 0.156. The molecule has 1 N–H and O–H groups in total. The monoisotopic (exact) mass is 392 g/mol. The number of rotatable bonds is 5. The number of para-hydroxylation sites is 2. The highest BCUT2D eigenvalue weighted by Crippen LogP contribution is 2.33. The van der Waals surface area contributed by atoms with Crippen molar-refractivity contribution in [3.63, 3.8) is 0 Å². The van der Waals surface area contributed by atoms with Crippen molar-refractivity contribution in [1.82, 2.24) is 10.1 Å². The molecule has 29 heavy (non-hydrogen) atoms. The number of methoxy groups -OCH3 is 1. The van der Waals surface area contributed by atoms with Gasteiger partial charge >= 0.3 is 0 Å². The molecule has 1 atom stereocenters. The number of aryl methyl sites for hydroxylation is 1. The molecule has 3 aromatic rings. The molecule has 2 heterocycles. The number of benzene rings is 2. The van der Waals surface area contributed by atoms with Crippen LogP contribution in [0.25, 0.3) is 11.5 Å². The Labute approximate surface area is 167 Å². The number of carbonyl (C=O) groups excluding carboxylic acids is 2. The van der Waals surface area contributed by atoms with Crippen LogP contribution in [0.3, 0.4) is 0 Å². The van der Waals surface area contributed by atoms with Crippen LogP contribution < -0.4 is 15.0 Å². The van der Waals surface area contributed by atoms with Gasteiger partial charge in [-0.1, -0.05) is 17.3 Å². The molecular weight excluding hydrogens is 372 g/mol. The van der Waals surface area contributed by atoms with Gasteiger partial charge in [0.2, 0.25) is 11.8 Å². The standard InChI is InChI=1S/C21H20N4O4/c1-13-22-21(29-24-13)14-7-9-16(10-8-14)23-20(27)15-11-19(26)25(12-15)17-5-3-4-6-18(17)28-2/h3-10,15H,11-12H2,1-2H3,(H,23,27). The van der Waals surface area contributed by atoms with Gasteiger partial charge in [-0.2, -0.15) is 4.98 Å². The van der Waals surface area contributed by atoms with Crippen LogP contribution in [0.1, 0.15) is 12.2 Å². The number of carbonyl (C=O) groups is 2. The van der Waals surface area contributed by atoms with E-state index in [1.807, 2.05) is 18.2 Å². The van der Waals surface area contributed by atoms with Crippen LogP contribution in [-0.4, -0.2) is 35.6 Å². The highest BCUT2D eigenvalue weighted by Gasteiger charge is 2.36. The van der Waals surface area contributed by atoms with Gasteiger partial charge < -0.3 is 19.5 Å². The van der Waals surface area contributed by atoms with Crippen LogP contribution in [-0.2, 0) is 9.59 Å². The van der Waals surface area contributed by atoms with Crippen LogP contribution >= 0.6 is 0 Å². The van der Waals surface area contributed by atoms with Crippen molar-refractivity contribution in [2.24, 2.45) is 5.92 Å². The van der Waals surface area contributed by atoms with Gasteiger partial charge in [0.15, 0.2) is 5.82 Å². The zero-order valence-corrected chi connectivity index (χ0v) is 16.1. The van der Waals surface area contributed by atoms with E-state index >= 15 is 0 Å². The minimum atomic E-state index is -0.439. The molecule has 8 nitrogen and oxygen atoms in total. The fourth-order valence-electron chi connectivity index (χ4n) is 3.32. The number of hydrogen-bond donors (Lipinski definition) is 1. The Morgan fingerprint density at radius 3 is 2.66 bits per heavy atom. The quantitative estimate of drug-likeness (QED) is 0.717. The maximum absolute atomic E-state index is 12.7. The summed E-state index contributed by atoms with van der Waals surface area (Å²) in [7, 11) is 1.56. The Hall–Kier alpha value is -3.68. The lowest BCUT2D eigenvalue weighted by atomic mass is 10.1. The predicted molar refractivity (Wildman–Crippen MR) is 107 cm³/mol. The third kappa shape index (κ3) is 3.82. The van der Waals surface area contributed by atoms with Crippen molar-refractivity contribution < 1.29 is 18.8 Å².